The van der Waals surface area contributed by atoms with Gasteiger partial charge in [-0.1, -0.05) is 35.3 Å². The van der Waals surface area contributed by atoms with E-state index in [9.17, 15) is 17.6 Å². The van der Waals surface area contributed by atoms with Gasteiger partial charge in [0.2, 0.25) is 0 Å². The molecule has 23 heavy (non-hydrogen) atoms. The van der Waals surface area contributed by atoms with Gasteiger partial charge in [0, 0.05) is 7.05 Å². The molecule has 0 aliphatic carbocycles. The fourth-order valence-electron chi connectivity index (χ4n) is 1.86. The third kappa shape index (κ3) is 3.26. The van der Waals surface area contributed by atoms with Gasteiger partial charge in [-0.2, -0.15) is 0 Å². The van der Waals surface area contributed by atoms with Gasteiger partial charge in [-0.3, -0.25) is 4.31 Å². The minimum absolute atomic E-state index is 0.208. The van der Waals surface area contributed by atoms with Gasteiger partial charge < -0.3 is 5.11 Å². The van der Waals surface area contributed by atoms with Crippen LogP contribution in [0.1, 0.15) is 10.4 Å². The Hall–Kier alpha value is -1.83. The zero-order chi connectivity index (χ0) is 17.4. The van der Waals surface area contributed by atoms with Crippen LogP contribution in [0.5, 0.6) is 0 Å². The number of hydrogen-bond donors (Lipinski definition) is 1. The Labute approximate surface area is 141 Å². The number of hydrogen-bond acceptors (Lipinski definition) is 3. The molecule has 0 bridgehead atoms. The second kappa shape index (κ2) is 6.35. The predicted octanol–water partition coefficient (Wildman–Crippen LogP) is 3.66. The van der Waals surface area contributed by atoms with Crippen LogP contribution in [0.15, 0.2) is 41.3 Å². The Morgan fingerprint density at radius 3 is 2.39 bits per heavy atom. The summed E-state index contributed by atoms with van der Waals surface area (Å²) in [6, 6.07) is 7.16. The Morgan fingerprint density at radius 2 is 1.83 bits per heavy atom. The molecule has 2 rings (SSSR count). The Balaban J connectivity index is 2.65. The van der Waals surface area contributed by atoms with Crippen LogP contribution in [0, 0.1) is 5.82 Å². The molecular weight excluding hydrogens is 368 g/mol. The summed E-state index contributed by atoms with van der Waals surface area (Å²) in [5, 5.41) is 8.46. The van der Waals surface area contributed by atoms with Crippen molar-refractivity contribution in [3.05, 3.63) is 57.8 Å². The molecule has 0 spiro atoms. The maximum absolute atomic E-state index is 13.8. The Morgan fingerprint density at radius 1 is 1.22 bits per heavy atom. The van der Waals surface area contributed by atoms with E-state index in [1.54, 1.807) is 0 Å². The molecule has 0 saturated carbocycles. The largest absolute Gasteiger partial charge is 0.478 e. The zero-order valence-electron chi connectivity index (χ0n) is 11.6. The second-order valence-corrected chi connectivity index (χ2v) is 7.22. The van der Waals surface area contributed by atoms with Crippen molar-refractivity contribution in [3.8, 4) is 0 Å². The number of carboxylic acid groups (broad SMARTS) is 1. The van der Waals surface area contributed by atoms with Crippen molar-refractivity contribution >= 4 is 44.9 Å². The maximum atomic E-state index is 13.8. The van der Waals surface area contributed by atoms with E-state index >= 15 is 0 Å². The molecule has 2 aromatic rings. The van der Waals surface area contributed by atoms with Crippen molar-refractivity contribution in [2.45, 2.75) is 4.90 Å². The number of nitrogens with zero attached hydrogens (tertiary/aromatic N) is 1. The molecule has 0 heterocycles. The van der Waals surface area contributed by atoms with Crippen molar-refractivity contribution in [1.82, 2.24) is 0 Å². The molecule has 2 aromatic carbocycles. The molecule has 9 heteroatoms. The fraction of sp³-hybridized carbons (Fsp3) is 0.0714. The number of sulfonamides is 1. The third-order valence-corrected chi connectivity index (χ3v) is 5.78. The number of benzene rings is 2. The van der Waals surface area contributed by atoms with Crippen molar-refractivity contribution in [2.75, 3.05) is 11.4 Å². The number of rotatable bonds is 4. The average Bonchev–Trinajstić information content (AvgIpc) is 2.49. The van der Waals surface area contributed by atoms with Crippen LogP contribution in [0.25, 0.3) is 0 Å². The number of halogens is 3. The highest BCUT2D eigenvalue weighted by Gasteiger charge is 2.28. The normalized spacial score (nSPS) is 11.3. The molecule has 0 aromatic heterocycles. The van der Waals surface area contributed by atoms with Crippen molar-refractivity contribution in [1.29, 1.82) is 0 Å². The average molecular weight is 378 g/mol. The first-order valence-electron chi connectivity index (χ1n) is 6.12. The lowest BCUT2D eigenvalue weighted by Crippen LogP contribution is -2.28. The van der Waals surface area contributed by atoms with Crippen LogP contribution < -0.4 is 4.31 Å². The second-order valence-electron chi connectivity index (χ2n) is 4.50. The molecule has 1 N–H and O–H groups in total. The smallest absolute Gasteiger partial charge is 0.335 e. The molecule has 0 radical (unpaired) electrons. The summed E-state index contributed by atoms with van der Waals surface area (Å²) in [7, 11) is -3.18. The van der Waals surface area contributed by atoms with Gasteiger partial charge in [0.25, 0.3) is 10.0 Å². The molecule has 0 fully saturated rings. The standard InChI is InChI=1S/C14H10Cl2FNO4S/c1-18(11-5-3-2-4-10(11)17)23(21,22)12-7-8(14(19)20)6-9(15)13(12)16/h2-7H,1H3,(H,19,20). The lowest BCUT2D eigenvalue weighted by molar-refractivity contribution is 0.0696. The number of anilines is 1. The maximum Gasteiger partial charge on any atom is 0.335 e. The number of para-hydroxylation sites is 1. The lowest BCUT2D eigenvalue weighted by atomic mass is 10.2. The van der Waals surface area contributed by atoms with Crippen molar-refractivity contribution < 1.29 is 22.7 Å². The van der Waals surface area contributed by atoms with Crippen molar-refractivity contribution in [3.63, 3.8) is 0 Å². The van der Waals surface area contributed by atoms with Crippen LogP contribution >= 0.6 is 23.2 Å². The molecule has 0 atom stereocenters. The van der Waals surface area contributed by atoms with Crippen LogP contribution in [0.3, 0.4) is 0 Å². The summed E-state index contributed by atoms with van der Waals surface area (Å²) in [5.74, 6) is -2.12. The topological polar surface area (TPSA) is 74.7 Å². The van der Waals surface area contributed by atoms with Crippen LogP contribution in [-0.4, -0.2) is 26.5 Å². The summed E-state index contributed by atoms with van der Waals surface area (Å²) >= 11 is 11.7. The molecule has 0 amide bonds. The lowest BCUT2D eigenvalue weighted by Gasteiger charge is -2.21. The third-order valence-electron chi connectivity index (χ3n) is 3.07. The first-order chi connectivity index (χ1) is 10.7. The zero-order valence-corrected chi connectivity index (χ0v) is 14.0. The van der Waals surface area contributed by atoms with E-state index in [0.29, 0.717) is 4.31 Å². The van der Waals surface area contributed by atoms with Gasteiger partial charge in [-0.05, 0) is 24.3 Å². The van der Waals surface area contributed by atoms with Gasteiger partial charge >= 0.3 is 5.97 Å². The quantitative estimate of drug-likeness (QED) is 0.881. The summed E-state index contributed by atoms with van der Waals surface area (Å²) in [6.07, 6.45) is 0. The first-order valence-corrected chi connectivity index (χ1v) is 8.31. The SMILES string of the molecule is CN(c1ccccc1F)S(=O)(=O)c1cc(C(=O)O)cc(Cl)c1Cl. The Bertz CT molecular complexity index is 886. The highest BCUT2D eigenvalue weighted by Crippen LogP contribution is 2.34. The monoisotopic (exact) mass is 377 g/mol. The molecule has 0 aliphatic heterocycles. The first kappa shape index (κ1) is 17.5. The van der Waals surface area contributed by atoms with Crippen LogP contribution in [0.4, 0.5) is 10.1 Å². The summed E-state index contributed by atoms with van der Waals surface area (Å²) in [6.45, 7) is 0. The van der Waals surface area contributed by atoms with Gasteiger partial charge in [-0.25, -0.2) is 17.6 Å². The molecular formula is C14H10Cl2FNO4S. The van der Waals surface area contributed by atoms with Gasteiger partial charge in [-0.15, -0.1) is 0 Å². The summed E-state index contributed by atoms with van der Waals surface area (Å²) in [4.78, 5) is 10.5. The van der Waals surface area contributed by atoms with Gasteiger partial charge in [0.15, 0.2) is 0 Å². The van der Waals surface area contributed by atoms with E-state index in [-0.39, 0.29) is 21.3 Å². The van der Waals surface area contributed by atoms with E-state index in [1.807, 2.05) is 0 Å². The van der Waals surface area contributed by atoms with Crippen LogP contribution in [0.2, 0.25) is 10.0 Å². The number of carbonyl (C=O) groups is 1. The summed E-state index contributed by atoms with van der Waals surface area (Å²) < 4.78 is 39.8. The number of aromatic carboxylic acids is 1. The van der Waals surface area contributed by atoms with E-state index in [1.165, 1.54) is 18.2 Å². The minimum atomic E-state index is -4.31. The summed E-state index contributed by atoms with van der Waals surface area (Å²) in [5.41, 5.74) is -0.555. The Kier molecular flexibility index (Phi) is 4.84. The van der Waals surface area contributed by atoms with E-state index in [4.69, 9.17) is 28.3 Å². The van der Waals surface area contributed by atoms with Crippen molar-refractivity contribution in [2.24, 2.45) is 0 Å². The molecule has 0 aliphatic rings. The molecule has 0 unspecified atom stereocenters. The predicted molar refractivity (Wildman–Crippen MR) is 85.4 cm³/mol. The van der Waals surface area contributed by atoms with E-state index in [2.05, 4.69) is 0 Å². The molecule has 5 nitrogen and oxygen atoms in total. The minimum Gasteiger partial charge on any atom is -0.478 e. The molecule has 0 saturated heterocycles. The van der Waals surface area contributed by atoms with Gasteiger partial charge in [0.1, 0.15) is 10.7 Å². The number of carboxylic acids is 1. The highest BCUT2D eigenvalue weighted by molar-refractivity contribution is 7.93. The van der Waals surface area contributed by atoms with E-state index < -0.39 is 26.7 Å². The molecule has 122 valence electrons. The van der Waals surface area contributed by atoms with Gasteiger partial charge in [0.05, 0.1) is 21.3 Å². The highest BCUT2D eigenvalue weighted by atomic mass is 35.5. The van der Waals surface area contributed by atoms with E-state index in [0.717, 1.165) is 25.2 Å². The van der Waals surface area contributed by atoms with Crippen LogP contribution in [-0.2, 0) is 10.0 Å². The fourth-order valence-corrected chi connectivity index (χ4v) is 3.85.